The molecule has 0 fully saturated rings. The summed E-state index contributed by atoms with van der Waals surface area (Å²) in [5, 5.41) is 0. The third-order valence-corrected chi connectivity index (χ3v) is 2.06. The number of pyridine rings is 1. The standard InChI is InChI=1S/C8H8F2N2/c9-8(10)2-1-7-6(8)3-5(11)4-12-7/h3-4H,1-2,11H2. The highest BCUT2D eigenvalue weighted by atomic mass is 19.3. The second-order valence-electron chi connectivity index (χ2n) is 2.97. The zero-order valence-electron chi connectivity index (χ0n) is 6.35. The number of hydrogen-bond acceptors (Lipinski definition) is 2. The first kappa shape index (κ1) is 7.46. The first-order valence-electron chi connectivity index (χ1n) is 3.72. The Kier molecular flexibility index (Phi) is 1.34. The smallest absolute Gasteiger partial charge is 0.275 e. The third kappa shape index (κ3) is 0.948. The van der Waals surface area contributed by atoms with Crippen LogP contribution in [0, 0.1) is 0 Å². The van der Waals surface area contributed by atoms with E-state index in [0.29, 0.717) is 17.8 Å². The minimum atomic E-state index is -2.72. The van der Waals surface area contributed by atoms with E-state index in [1.807, 2.05) is 0 Å². The largest absolute Gasteiger partial charge is 0.397 e. The van der Waals surface area contributed by atoms with Crippen LogP contribution < -0.4 is 5.73 Å². The van der Waals surface area contributed by atoms with Gasteiger partial charge in [-0.05, 0) is 12.5 Å². The van der Waals surface area contributed by atoms with Gasteiger partial charge in [-0.25, -0.2) is 8.78 Å². The molecule has 0 amide bonds. The molecule has 2 N–H and O–H groups in total. The fraction of sp³-hybridized carbons (Fsp3) is 0.375. The molecule has 0 aromatic carbocycles. The number of anilines is 1. The van der Waals surface area contributed by atoms with Crippen molar-refractivity contribution in [3.8, 4) is 0 Å². The summed E-state index contributed by atoms with van der Waals surface area (Å²) in [6.07, 6.45) is 1.63. The quantitative estimate of drug-likeness (QED) is 0.643. The minimum Gasteiger partial charge on any atom is -0.397 e. The summed E-state index contributed by atoms with van der Waals surface area (Å²) in [5.74, 6) is -2.72. The zero-order valence-corrected chi connectivity index (χ0v) is 6.35. The average Bonchev–Trinajstić information content (AvgIpc) is 2.28. The Hall–Kier alpha value is -1.19. The van der Waals surface area contributed by atoms with E-state index in [4.69, 9.17) is 5.73 Å². The summed E-state index contributed by atoms with van der Waals surface area (Å²) in [6.45, 7) is 0. The summed E-state index contributed by atoms with van der Waals surface area (Å²) < 4.78 is 26.0. The minimum absolute atomic E-state index is 0.00231. The van der Waals surface area contributed by atoms with Crippen LogP contribution in [0.3, 0.4) is 0 Å². The zero-order chi connectivity index (χ0) is 8.77. The Bertz CT molecular complexity index is 323. The molecule has 0 atom stereocenters. The molecule has 64 valence electrons. The second kappa shape index (κ2) is 2.15. The molecule has 1 heterocycles. The number of rotatable bonds is 0. The Morgan fingerprint density at radius 3 is 3.00 bits per heavy atom. The van der Waals surface area contributed by atoms with E-state index >= 15 is 0 Å². The first-order valence-corrected chi connectivity index (χ1v) is 3.72. The van der Waals surface area contributed by atoms with Crippen LogP contribution in [0.15, 0.2) is 12.3 Å². The molecule has 12 heavy (non-hydrogen) atoms. The molecule has 2 rings (SSSR count). The van der Waals surface area contributed by atoms with Crippen LogP contribution >= 0.6 is 0 Å². The van der Waals surface area contributed by atoms with Gasteiger partial charge in [-0.1, -0.05) is 0 Å². The Balaban J connectivity index is 2.57. The molecule has 1 aliphatic rings. The molecule has 1 aromatic heterocycles. The Morgan fingerprint density at radius 1 is 1.50 bits per heavy atom. The highest BCUT2D eigenvalue weighted by Crippen LogP contribution is 2.40. The van der Waals surface area contributed by atoms with Gasteiger partial charge in [-0.2, -0.15) is 0 Å². The molecular formula is C8H8F2N2. The monoisotopic (exact) mass is 170 g/mol. The Labute approximate surface area is 68.4 Å². The fourth-order valence-electron chi connectivity index (χ4n) is 1.44. The third-order valence-electron chi connectivity index (χ3n) is 2.06. The lowest BCUT2D eigenvalue weighted by Gasteiger charge is -2.08. The number of nitrogens with zero attached hydrogens (tertiary/aromatic N) is 1. The van der Waals surface area contributed by atoms with Crippen molar-refractivity contribution in [3.63, 3.8) is 0 Å². The summed E-state index contributed by atoms with van der Waals surface area (Å²) in [7, 11) is 0. The maximum atomic E-state index is 13.0. The van der Waals surface area contributed by atoms with Crippen molar-refractivity contribution in [2.24, 2.45) is 0 Å². The van der Waals surface area contributed by atoms with Crippen molar-refractivity contribution >= 4 is 5.69 Å². The second-order valence-corrected chi connectivity index (χ2v) is 2.97. The van der Waals surface area contributed by atoms with Gasteiger partial charge in [0.1, 0.15) is 0 Å². The maximum absolute atomic E-state index is 13.0. The molecule has 2 nitrogen and oxygen atoms in total. The highest BCUT2D eigenvalue weighted by molar-refractivity contribution is 5.43. The molecular weight excluding hydrogens is 162 g/mol. The van der Waals surface area contributed by atoms with Crippen molar-refractivity contribution in [3.05, 3.63) is 23.5 Å². The van der Waals surface area contributed by atoms with E-state index in [1.165, 1.54) is 12.3 Å². The van der Waals surface area contributed by atoms with Gasteiger partial charge in [0, 0.05) is 17.7 Å². The number of nitrogen functional groups attached to an aromatic ring is 1. The molecule has 0 unspecified atom stereocenters. The van der Waals surface area contributed by atoms with Crippen LogP contribution in [0.2, 0.25) is 0 Å². The van der Waals surface area contributed by atoms with Crippen LogP contribution in [0.1, 0.15) is 17.7 Å². The first-order chi connectivity index (χ1) is 5.59. The SMILES string of the molecule is Nc1cnc2c(c1)C(F)(F)CC2. The van der Waals surface area contributed by atoms with E-state index in [2.05, 4.69) is 4.98 Å². The molecule has 0 radical (unpaired) electrons. The summed E-state index contributed by atoms with van der Waals surface area (Å²) >= 11 is 0. The number of halogens is 2. The number of fused-ring (bicyclic) bond motifs is 1. The lowest BCUT2D eigenvalue weighted by Crippen LogP contribution is -2.08. The average molecular weight is 170 g/mol. The van der Waals surface area contributed by atoms with E-state index in [0.717, 1.165) is 0 Å². The number of aryl methyl sites for hydroxylation is 1. The Morgan fingerprint density at radius 2 is 2.25 bits per heavy atom. The van der Waals surface area contributed by atoms with Gasteiger partial charge in [-0.15, -0.1) is 0 Å². The van der Waals surface area contributed by atoms with Crippen molar-refractivity contribution in [1.29, 1.82) is 0 Å². The number of alkyl halides is 2. The van der Waals surface area contributed by atoms with Crippen LogP contribution in [0.4, 0.5) is 14.5 Å². The maximum Gasteiger partial charge on any atom is 0.275 e. The van der Waals surface area contributed by atoms with Gasteiger partial charge in [-0.3, -0.25) is 4.98 Å². The van der Waals surface area contributed by atoms with Gasteiger partial charge >= 0.3 is 0 Å². The number of hydrogen-bond donors (Lipinski definition) is 1. The summed E-state index contributed by atoms with van der Waals surface area (Å²) in [6, 6.07) is 1.31. The van der Waals surface area contributed by atoms with Crippen LogP contribution in [-0.4, -0.2) is 4.98 Å². The summed E-state index contributed by atoms with van der Waals surface area (Å²) in [4.78, 5) is 3.85. The highest BCUT2D eigenvalue weighted by Gasteiger charge is 2.39. The molecule has 0 aliphatic heterocycles. The van der Waals surface area contributed by atoms with Crippen LogP contribution in [0.5, 0.6) is 0 Å². The van der Waals surface area contributed by atoms with Crippen molar-refractivity contribution in [1.82, 2.24) is 4.98 Å². The van der Waals surface area contributed by atoms with Crippen LogP contribution in [-0.2, 0) is 12.3 Å². The van der Waals surface area contributed by atoms with E-state index in [1.54, 1.807) is 0 Å². The topological polar surface area (TPSA) is 38.9 Å². The summed E-state index contributed by atoms with van der Waals surface area (Å²) in [5.41, 5.74) is 6.14. The van der Waals surface area contributed by atoms with Gasteiger partial charge in [0.2, 0.25) is 0 Å². The molecule has 0 saturated carbocycles. The van der Waals surface area contributed by atoms with Crippen LogP contribution in [0.25, 0.3) is 0 Å². The van der Waals surface area contributed by atoms with Crippen molar-refractivity contribution in [2.45, 2.75) is 18.8 Å². The van der Waals surface area contributed by atoms with Gasteiger partial charge in [0.25, 0.3) is 5.92 Å². The van der Waals surface area contributed by atoms with Crippen molar-refractivity contribution in [2.75, 3.05) is 5.73 Å². The molecule has 4 heteroatoms. The molecule has 0 spiro atoms. The van der Waals surface area contributed by atoms with Crippen molar-refractivity contribution < 1.29 is 8.78 Å². The van der Waals surface area contributed by atoms with E-state index < -0.39 is 5.92 Å². The lowest BCUT2D eigenvalue weighted by atomic mass is 10.2. The lowest BCUT2D eigenvalue weighted by molar-refractivity contribution is -0.00182. The van der Waals surface area contributed by atoms with Gasteiger partial charge < -0.3 is 5.73 Å². The van der Waals surface area contributed by atoms with E-state index in [-0.39, 0.29) is 12.0 Å². The fourth-order valence-corrected chi connectivity index (χ4v) is 1.44. The molecule has 1 aromatic rings. The van der Waals surface area contributed by atoms with Gasteiger partial charge in [0.15, 0.2) is 0 Å². The van der Waals surface area contributed by atoms with E-state index in [9.17, 15) is 8.78 Å². The molecule has 1 aliphatic carbocycles. The number of nitrogens with two attached hydrogens (primary N) is 1. The molecule has 0 bridgehead atoms. The normalized spacial score (nSPS) is 19.2. The molecule has 0 saturated heterocycles. The predicted molar refractivity (Wildman–Crippen MR) is 40.9 cm³/mol. The predicted octanol–water partition coefficient (Wildman–Crippen LogP) is 1.70. The number of aromatic nitrogens is 1. The van der Waals surface area contributed by atoms with Gasteiger partial charge in [0.05, 0.1) is 11.9 Å².